The van der Waals surface area contributed by atoms with Gasteiger partial charge in [0.05, 0.1) is 6.54 Å². The van der Waals surface area contributed by atoms with E-state index >= 15 is 0 Å². The summed E-state index contributed by atoms with van der Waals surface area (Å²) < 4.78 is 5.33. The highest BCUT2D eigenvalue weighted by atomic mass is 16.6. The third-order valence-corrected chi connectivity index (χ3v) is 2.75. The Morgan fingerprint density at radius 3 is 2.43 bits per heavy atom. The van der Waals surface area contributed by atoms with Gasteiger partial charge in [0.2, 0.25) is 0 Å². The second kappa shape index (κ2) is 8.84. The SMILES string of the molecule is CC(C)(C)OC(=O)N(CC#Cc1ccccc1)CCCC(=O)O. The molecule has 1 rings (SSSR count). The van der Waals surface area contributed by atoms with E-state index in [9.17, 15) is 9.59 Å². The van der Waals surface area contributed by atoms with Gasteiger partial charge in [-0.25, -0.2) is 4.79 Å². The van der Waals surface area contributed by atoms with Crippen LogP contribution in [-0.2, 0) is 9.53 Å². The minimum atomic E-state index is -0.885. The first-order chi connectivity index (χ1) is 10.8. The first kappa shape index (κ1) is 18.6. The van der Waals surface area contributed by atoms with Crippen molar-refractivity contribution < 1.29 is 19.4 Å². The van der Waals surface area contributed by atoms with Gasteiger partial charge in [0.25, 0.3) is 0 Å². The van der Waals surface area contributed by atoms with Crippen LogP contribution in [0.3, 0.4) is 0 Å². The second-order valence-corrected chi connectivity index (χ2v) is 6.07. The first-order valence-electron chi connectivity index (χ1n) is 7.51. The number of hydrogen-bond acceptors (Lipinski definition) is 3. The standard InChI is InChI=1S/C18H23NO4/c1-18(2,3)23-17(22)19(14-8-12-16(20)21)13-7-11-15-9-5-4-6-10-15/h4-6,9-10H,8,12-14H2,1-3H3,(H,20,21). The Balaban J connectivity index is 2.68. The fourth-order valence-corrected chi connectivity index (χ4v) is 1.74. The third-order valence-electron chi connectivity index (χ3n) is 2.75. The molecule has 0 unspecified atom stereocenters. The van der Waals surface area contributed by atoms with Crippen molar-refractivity contribution in [2.75, 3.05) is 13.1 Å². The fraction of sp³-hybridized carbons (Fsp3) is 0.444. The van der Waals surface area contributed by atoms with Crippen molar-refractivity contribution in [3.63, 3.8) is 0 Å². The molecule has 0 saturated heterocycles. The van der Waals surface area contributed by atoms with Gasteiger partial charge in [-0.1, -0.05) is 30.0 Å². The zero-order chi connectivity index (χ0) is 17.3. The Labute approximate surface area is 137 Å². The maximum absolute atomic E-state index is 12.2. The van der Waals surface area contributed by atoms with Crippen LogP contribution in [0.15, 0.2) is 30.3 Å². The average molecular weight is 317 g/mol. The average Bonchev–Trinajstić information content (AvgIpc) is 2.44. The van der Waals surface area contributed by atoms with Crippen molar-refractivity contribution in [1.82, 2.24) is 4.90 Å². The van der Waals surface area contributed by atoms with Crippen LogP contribution in [0, 0.1) is 11.8 Å². The van der Waals surface area contributed by atoms with Crippen molar-refractivity contribution in [3.8, 4) is 11.8 Å². The number of hydrogen-bond donors (Lipinski definition) is 1. The molecule has 0 aliphatic carbocycles. The molecule has 0 fully saturated rings. The molecule has 124 valence electrons. The smallest absolute Gasteiger partial charge is 0.411 e. The van der Waals surface area contributed by atoms with Crippen LogP contribution in [-0.4, -0.2) is 40.8 Å². The first-order valence-corrected chi connectivity index (χ1v) is 7.51. The molecular formula is C18H23NO4. The van der Waals surface area contributed by atoms with Gasteiger partial charge in [-0.3, -0.25) is 9.69 Å². The number of aliphatic carboxylic acids is 1. The predicted molar refractivity (Wildman–Crippen MR) is 88.0 cm³/mol. The molecule has 1 amide bonds. The molecular weight excluding hydrogens is 294 g/mol. The highest BCUT2D eigenvalue weighted by Crippen LogP contribution is 2.10. The van der Waals surface area contributed by atoms with E-state index in [1.165, 1.54) is 4.90 Å². The summed E-state index contributed by atoms with van der Waals surface area (Å²) in [5.74, 6) is 5.03. The van der Waals surface area contributed by atoms with Crippen LogP contribution in [0.25, 0.3) is 0 Å². The summed E-state index contributed by atoms with van der Waals surface area (Å²) >= 11 is 0. The molecule has 0 aliphatic rings. The van der Waals surface area contributed by atoms with Gasteiger partial charge in [0.1, 0.15) is 5.60 Å². The predicted octanol–water partition coefficient (Wildman–Crippen LogP) is 3.14. The van der Waals surface area contributed by atoms with E-state index < -0.39 is 17.7 Å². The van der Waals surface area contributed by atoms with Crippen LogP contribution in [0.1, 0.15) is 39.2 Å². The molecule has 1 aromatic carbocycles. The maximum atomic E-state index is 12.2. The lowest BCUT2D eigenvalue weighted by Gasteiger charge is -2.26. The molecule has 0 aliphatic heterocycles. The molecule has 1 N–H and O–H groups in total. The minimum absolute atomic E-state index is 0.00537. The number of benzene rings is 1. The minimum Gasteiger partial charge on any atom is -0.481 e. The van der Waals surface area contributed by atoms with E-state index in [1.54, 1.807) is 20.8 Å². The summed E-state index contributed by atoms with van der Waals surface area (Å²) in [6.45, 7) is 5.86. The quantitative estimate of drug-likeness (QED) is 0.847. The van der Waals surface area contributed by atoms with Gasteiger partial charge in [-0.15, -0.1) is 0 Å². The molecule has 0 radical (unpaired) electrons. The lowest BCUT2D eigenvalue weighted by Crippen LogP contribution is -2.37. The molecule has 23 heavy (non-hydrogen) atoms. The lowest BCUT2D eigenvalue weighted by molar-refractivity contribution is -0.137. The molecule has 0 bridgehead atoms. The third kappa shape index (κ3) is 8.52. The number of carboxylic acid groups (broad SMARTS) is 1. The van der Waals surface area contributed by atoms with Gasteiger partial charge < -0.3 is 9.84 Å². The van der Waals surface area contributed by atoms with Gasteiger partial charge in [-0.05, 0) is 39.3 Å². The largest absolute Gasteiger partial charge is 0.481 e. The summed E-state index contributed by atoms with van der Waals surface area (Å²) in [4.78, 5) is 24.2. The number of nitrogens with zero attached hydrogens (tertiary/aromatic N) is 1. The van der Waals surface area contributed by atoms with Crippen molar-refractivity contribution in [3.05, 3.63) is 35.9 Å². The van der Waals surface area contributed by atoms with Crippen molar-refractivity contribution in [1.29, 1.82) is 0 Å². The van der Waals surface area contributed by atoms with Gasteiger partial charge >= 0.3 is 12.1 Å². The second-order valence-electron chi connectivity index (χ2n) is 6.07. The number of carboxylic acids is 1. The fourth-order valence-electron chi connectivity index (χ4n) is 1.74. The summed E-state index contributed by atoms with van der Waals surface area (Å²) in [5, 5.41) is 8.71. The van der Waals surface area contributed by atoms with E-state index in [0.717, 1.165) is 5.56 Å². The molecule has 5 nitrogen and oxygen atoms in total. The Morgan fingerprint density at radius 1 is 1.22 bits per heavy atom. The number of carbonyl (C=O) groups is 2. The zero-order valence-corrected chi connectivity index (χ0v) is 13.8. The van der Waals surface area contributed by atoms with Gasteiger partial charge in [0, 0.05) is 18.5 Å². The van der Waals surface area contributed by atoms with Crippen LogP contribution < -0.4 is 0 Å². The van der Waals surface area contributed by atoms with Gasteiger partial charge in [0.15, 0.2) is 0 Å². The van der Waals surface area contributed by atoms with E-state index in [0.29, 0.717) is 13.0 Å². The number of rotatable bonds is 5. The molecule has 0 atom stereocenters. The summed E-state index contributed by atoms with van der Waals surface area (Å²) in [6.07, 6.45) is -0.113. The van der Waals surface area contributed by atoms with Crippen LogP contribution >= 0.6 is 0 Å². The van der Waals surface area contributed by atoms with E-state index in [-0.39, 0.29) is 13.0 Å². The molecule has 1 aromatic rings. The zero-order valence-electron chi connectivity index (χ0n) is 13.8. The summed E-state index contributed by atoms with van der Waals surface area (Å²) in [5.41, 5.74) is 0.261. The lowest BCUT2D eigenvalue weighted by atomic mass is 10.2. The van der Waals surface area contributed by atoms with Crippen molar-refractivity contribution >= 4 is 12.1 Å². The summed E-state index contributed by atoms with van der Waals surface area (Å²) in [7, 11) is 0. The molecule has 0 heterocycles. The normalized spacial score (nSPS) is 10.4. The van der Waals surface area contributed by atoms with E-state index in [2.05, 4.69) is 11.8 Å². The van der Waals surface area contributed by atoms with Crippen LogP contribution in [0.5, 0.6) is 0 Å². The Kier molecular flexibility index (Phi) is 7.14. The molecule has 0 aromatic heterocycles. The highest BCUT2D eigenvalue weighted by Gasteiger charge is 2.21. The Bertz CT molecular complexity index is 579. The van der Waals surface area contributed by atoms with E-state index in [1.807, 2.05) is 30.3 Å². The number of amides is 1. The monoisotopic (exact) mass is 317 g/mol. The van der Waals surface area contributed by atoms with Crippen LogP contribution in [0.4, 0.5) is 4.79 Å². The molecule has 0 saturated carbocycles. The van der Waals surface area contributed by atoms with Crippen LogP contribution in [0.2, 0.25) is 0 Å². The topological polar surface area (TPSA) is 66.8 Å². The molecule has 0 spiro atoms. The van der Waals surface area contributed by atoms with Crippen molar-refractivity contribution in [2.45, 2.75) is 39.2 Å². The molecule has 5 heteroatoms. The van der Waals surface area contributed by atoms with Crippen molar-refractivity contribution in [2.24, 2.45) is 0 Å². The Hall–Kier alpha value is -2.48. The maximum Gasteiger partial charge on any atom is 0.411 e. The van der Waals surface area contributed by atoms with E-state index in [4.69, 9.17) is 9.84 Å². The number of ether oxygens (including phenoxy) is 1. The van der Waals surface area contributed by atoms with Gasteiger partial charge in [-0.2, -0.15) is 0 Å². The summed E-state index contributed by atoms with van der Waals surface area (Å²) in [6, 6.07) is 9.46. The number of carbonyl (C=O) groups excluding carboxylic acids is 1. The highest BCUT2D eigenvalue weighted by molar-refractivity contribution is 5.69. The Morgan fingerprint density at radius 2 is 1.87 bits per heavy atom.